The summed E-state index contributed by atoms with van der Waals surface area (Å²) in [4.78, 5) is 18.5. The van der Waals surface area contributed by atoms with Gasteiger partial charge in [-0.05, 0) is 30.9 Å². The number of ether oxygens (including phenoxy) is 3. The number of thiazole rings is 1. The second-order valence-corrected chi connectivity index (χ2v) is 8.01. The molecule has 3 heterocycles. The molecule has 27 heavy (non-hydrogen) atoms. The molecular formula is C19H25N3O4S. The number of carbonyl (C=O) groups is 1. The maximum atomic E-state index is 11.9. The number of hydrogen-bond donors (Lipinski definition) is 1. The van der Waals surface area contributed by atoms with Gasteiger partial charge < -0.3 is 24.8 Å². The highest BCUT2D eigenvalue weighted by atomic mass is 32.1. The van der Waals surface area contributed by atoms with Gasteiger partial charge in [-0.2, -0.15) is 0 Å². The number of piperidine rings is 1. The van der Waals surface area contributed by atoms with Crippen LogP contribution >= 0.6 is 11.3 Å². The number of primary amides is 1. The SMILES string of the molecule is COc1ccc(C2COCCOC2)c2sc(C3CCCCN3C(N)=O)nc12. The van der Waals surface area contributed by atoms with Crippen LogP contribution in [-0.4, -0.2) is 56.0 Å². The summed E-state index contributed by atoms with van der Waals surface area (Å²) in [5, 5.41) is 0.921. The highest BCUT2D eigenvalue weighted by Gasteiger charge is 2.30. The van der Waals surface area contributed by atoms with Crippen molar-refractivity contribution in [3.05, 3.63) is 22.7 Å². The maximum absolute atomic E-state index is 11.9. The molecular weight excluding hydrogens is 366 g/mol. The minimum absolute atomic E-state index is 0.0622. The molecule has 0 radical (unpaired) electrons. The molecule has 4 rings (SSSR count). The lowest BCUT2D eigenvalue weighted by Gasteiger charge is -2.32. The lowest BCUT2D eigenvalue weighted by Crippen LogP contribution is -2.41. The first-order chi connectivity index (χ1) is 13.2. The molecule has 7 nitrogen and oxygen atoms in total. The van der Waals surface area contributed by atoms with E-state index in [2.05, 4.69) is 6.07 Å². The number of methoxy groups -OCH3 is 1. The van der Waals surface area contributed by atoms with Crippen LogP contribution in [0.4, 0.5) is 4.79 Å². The number of carbonyl (C=O) groups excluding carboxylic acids is 1. The zero-order valence-corrected chi connectivity index (χ0v) is 16.3. The quantitative estimate of drug-likeness (QED) is 0.869. The van der Waals surface area contributed by atoms with E-state index in [1.807, 2.05) is 6.07 Å². The Balaban J connectivity index is 1.77. The molecule has 0 aliphatic carbocycles. The number of aromatic nitrogens is 1. The van der Waals surface area contributed by atoms with E-state index in [1.54, 1.807) is 23.3 Å². The van der Waals surface area contributed by atoms with Gasteiger partial charge >= 0.3 is 6.03 Å². The van der Waals surface area contributed by atoms with E-state index in [-0.39, 0.29) is 18.0 Å². The van der Waals surface area contributed by atoms with E-state index in [9.17, 15) is 4.79 Å². The van der Waals surface area contributed by atoms with Gasteiger partial charge in [0.1, 0.15) is 16.3 Å². The number of fused-ring (bicyclic) bond motifs is 1. The summed E-state index contributed by atoms with van der Waals surface area (Å²) >= 11 is 1.63. The highest BCUT2D eigenvalue weighted by Crippen LogP contribution is 2.41. The number of rotatable bonds is 3. The number of benzene rings is 1. The lowest BCUT2D eigenvalue weighted by atomic mass is 10.00. The fourth-order valence-corrected chi connectivity index (χ4v) is 5.22. The van der Waals surface area contributed by atoms with Crippen molar-refractivity contribution in [2.75, 3.05) is 40.1 Å². The summed E-state index contributed by atoms with van der Waals surface area (Å²) in [6.07, 6.45) is 2.93. The molecule has 2 fully saturated rings. The Morgan fingerprint density at radius 3 is 2.78 bits per heavy atom. The molecule has 2 saturated heterocycles. The number of amides is 2. The summed E-state index contributed by atoms with van der Waals surface area (Å²) in [6, 6.07) is 3.60. The van der Waals surface area contributed by atoms with Crippen LogP contribution in [0.1, 0.15) is 41.8 Å². The van der Waals surface area contributed by atoms with Gasteiger partial charge in [0.25, 0.3) is 0 Å². The first kappa shape index (κ1) is 18.5. The van der Waals surface area contributed by atoms with E-state index in [0.29, 0.717) is 33.0 Å². The normalized spacial score (nSPS) is 22.0. The summed E-state index contributed by atoms with van der Waals surface area (Å²) in [5.74, 6) is 0.904. The van der Waals surface area contributed by atoms with E-state index in [1.165, 1.54) is 0 Å². The third-order valence-corrected chi connectivity index (χ3v) is 6.50. The molecule has 8 heteroatoms. The molecule has 2 amide bonds. The fourth-order valence-electron chi connectivity index (χ4n) is 3.90. The fraction of sp³-hybridized carbons (Fsp3) is 0.579. The Morgan fingerprint density at radius 2 is 2.07 bits per heavy atom. The first-order valence-electron chi connectivity index (χ1n) is 9.38. The first-order valence-corrected chi connectivity index (χ1v) is 10.2. The van der Waals surface area contributed by atoms with Gasteiger partial charge in [0.2, 0.25) is 0 Å². The molecule has 2 aliphatic rings. The van der Waals surface area contributed by atoms with E-state index >= 15 is 0 Å². The van der Waals surface area contributed by atoms with Crippen molar-refractivity contribution in [1.82, 2.24) is 9.88 Å². The second-order valence-electron chi connectivity index (χ2n) is 6.98. The molecule has 1 aromatic heterocycles. The number of nitrogens with two attached hydrogens (primary N) is 1. The summed E-state index contributed by atoms with van der Waals surface area (Å²) in [6.45, 7) is 3.19. The molecule has 146 valence electrons. The molecule has 2 aliphatic heterocycles. The lowest BCUT2D eigenvalue weighted by molar-refractivity contribution is 0.103. The van der Waals surface area contributed by atoms with Crippen LogP contribution in [0, 0.1) is 0 Å². The van der Waals surface area contributed by atoms with Crippen molar-refractivity contribution in [3.63, 3.8) is 0 Å². The minimum Gasteiger partial charge on any atom is -0.494 e. The second kappa shape index (κ2) is 8.00. The van der Waals surface area contributed by atoms with Crippen LogP contribution in [-0.2, 0) is 9.47 Å². The standard InChI is InChI=1S/C19H25N3O4S/c1-24-15-6-5-13(12-10-25-8-9-26-11-12)17-16(15)21-18(27-17)14-4-2-3-7-22(14)19(20)23/h5-6,12,14H,2-4,7-11H2,1H3,(H2,20,23). The highest BCUT2D eigenvalue weighted by molar-refractivity contribution is 7.18. The van der Waals surface area contributed by atoms with E-state index in [0.717, 1.165) is 45.8 Å². The Hall–Kier alpha value is -1.90. The van der Waals surface area contributed by atoms with Crippen molar-refractivity contribution in [2.24, 2.45) is 5.73 Å². The largest absolute Gasteiger partial charge is 0.494 e. The van der Waals surface area contributed by atoms with Crippen LogP contribution in [0.15, 0.2) is 12.1 Å². The van der Waals surface area contributed by atoms with Gasteiger partial charge in [0.05, 0.1) is 44.3 Å². The van der Waals surface area contributed by atoms with Crippen LogP contribution in [0.3, 0.4) is 0 Å². The molecule has 1 unspecified atom stereocenters. The van der Waals surface area contributed by atoms with Crippen LogP contribution < -0.4 is 10.5 Å². The van der Waals surface area contributed by atoms with Gasteiger partial charge in [-0.25, -0.2) is 9.78 Å². The Morgan fingerprint density at radius 1 is 1.30 bits per heavy atom. The van der Waals surface area contributed by atoms with Crippen molar-refractivity contribution >= 4 is 27.6 Å². The monoisotopic (exact) mass is 391 g/mol. The van der Waals surface area contributed by atoms with Crippen LogP contribution in [0.5, 0.6) is 5.75 Å². The number of nitrogens with zero attached hydrogens (tertiary/aromatic N) is 2. The average Bonchev–Trinajstić information content (AvgIpc) is 2.96. The zero-order valence-electron chi connectivity index (χ0n) is 15.5. The molecule has 0 spiro atoms. The Kier molecular flexibility index (Phi) is 5.47. The van der Waals surface area contributed by atoms with Crippen LogP contribution in [0.25, 0.3) is 10.2 Å². The molecule has 2 N–H and O–H groups in total. The smallest absolute Gasteiger partial charge is 0.315 e. The van der Waals surface area contributed by atoms with Crippen molar-refractivity contribution in [2.45, 2.75) is 31.2 Å². The van der Waals surface area contributed by atoms with Crippen molar-refractivity contribution in [1.29, 1.82) is 0 Å². The molecule has 0 bridgehead atoms. The van der Waals surface area contributed by atoms with E-state index < -0.39 is 0 Å². The van der Waals surface area contributed by atoms with Gasteiger partial charge in [-0.1, -0.05) is 6.07 Å². The number of hydrogen-bond acceptors (Lipinski definition) is 6. The van der Waals surface area contributed by atoms with Gasteiger partial charge in [-0.15, -0.1) is 11.3 Å². The van der Waals surface area contributed by atoms with E-state index in [4.69, 9.17) is 24.9 Å². The summed E-state index contributed by atoms with van der Waals surface area (Å²) in [7, 11) is 1.65. The maximum Gasteiger partial charge on any atom is 0.315 e. The molecule has 1 aromatic carbocycles. The molecule has 2 aromatic rings. The zero-order chi connectivity index (χ0) is 18.8. The van der Waals surface area contributed by atoms with Gasteiger partial charge in [0, 0.05) is 12.5 Å². The third kappa shape index (κ3) is 3.61. The molecule has 1 atom stereocenters. The predicted molar refractivity (Wildman–Crippen MR) is 103 cm³/mol. The predicted octanol–water partition coefficient (Wildman–Crippen LogP) is 3.04. The summed E-state index contributed by atoms with van der Waals surface area (Å²) < 4.78 is 18.0. The van der Waals surface area contributed by atoms with Crippen molar-refractivity contribution < 1.29 is 19.0 Å². The molecule has 0 saturated carbocycles. The number of urea groups is 1. The van der Waals surface area contributed by atoms with Gasteiger partial charge in [-0.3, -0.25) is 0 Å². The van der Waals surface area contributed by atoms with Gasteiger partial charge in [0.15, 0.2) is 0 Å². The Labute approximate surface area is 162 Å². The van der Waals surface area contributed by atoms with Crippen LogP contribution in [0.2, 0.25) is 0 Å². The van der Waals surface area contributed by atoms with Crippen molar-refractivity contribution in [3.8, 4) is 5.75 Å². The average molecular weight is 391 g/mol. The summed E-state index contributed by atoms with van der Waals surface area (Å²) in [5.41, 5.74) is 7.62. The number of likely N-dealkylation sites (tertiary alicyclic amines) is 1. The Bertz CT molecular complexity index is 817. The minimum atomic E-state index is -0.378. The third-order valence-electron chi connectivity index (χ3n) is 5.29. The topological polar surface area (TPSA) is 86.9 Å².